The van der Waals surface area contributed by atoms with E-state index in [1.54, 1.807) is 20.8 Å². The highest BCUT2D eigenvalue weighted by Gasteiger charge is 2.19. The van der Waals surface area contributed by atoms with E-state index in [0.717, 1.165) is 0 Å². The lowest BCUT2D eigenvalue weighted by Gasteiger charge is -2.21. The van der Waals surface area contributed by atoms with Crippen molar-refractivity contribution in [2.75, 3.05) is 13.7 Å². The number of ether oxygens (including phenoxy) is 3. The molecule has 0 unspecified atom stereocenters. The van der Waals surface area contributed by atoms with Gasteiger partial charge in [-0.3, -0.25) is 0 Å². The predicted octanol–water partition coefficient (Wildman–Crippen LogP) is 2.15. The Balaban J connectivity index is 2.62. The number of methoxy groups -OCH3 is 1. The Morgan fingerprint density at radius 2 is 2.09 bits per heavy atom. The monoisotopic (exact) mass is 371 g/mol. The van der Waals surface area contributed by atoms with Gasteiger partial charge in [-0.2, -0.15) is 0 Å². The zero-order chi connectivity index (χ0) is 16.8. The summed E-state index contributed by atoms with van der Waals surface area (Å²) in [5.74, 6) is 3.01. The van der Waals surface area contributed by atoms with Crippen molar-refractivity contribution in [3.63, 3.8) is 0 Å². The van der Waals surface area contributed by atoms with Gasteiger partial charge in [-0.15, -0.1) is 6.42 Å². The number of carbonyl (C=O) groups is 1. The van der Waals surface area contributed by atoms with Gasteiger partial charge in [-0.1, -0.05) is 5.92 Å². The number of hydrogen-bond acceptors (Lipinski definition) is 6. The van der Waals surface area contributed by atoms with Gasteiger partial charge in [-0.05, 0) is 36.7 Å². The maximum absolute atomic E-state index is 11.7. The Kier molecular flexibility index (Phi) is 6.43. The molecule has 0 saturated carbocycles. The predicted molar refractivity (Wildman–Crippen MR) is 83.8 cm³/mol. The van der Waals surface area contributed by atoms with Crippen LogP contribution >= 0.6 is 15.9 Å². The summed E-state index contributed by atoms with van der Waals surface area (Å²) in [7, 11) is 1.48. The zero-order valence-corrected chi connectivity index (χ0v) is 14.4. The molecule has 0 aromatic carbocycles. The molecule has 0 bridgehead atoms. The van der Waals surface area contributed by atoms with E-state index >= 15 is 0 Å². The lowest BCUT2D eigenvalue weighted by molar-refractivity contribution is 0.0503. The standard InChI is InChI=1S/C14H18BrN3O4/c1-6-9(18-13(19)22-14(2,3)4)7-21-12-10(15)11(20-5)16-8-17-12/h1,8-9H,7H2,2-5H3,(H,18,19)/t9-/m1/s1. The molecular weight excluding hydrogens is 354 g/mol. The summed E-state index contributed by atoms with van der Waals surface area (Å²) in [6.45, 7) is 5.31. The molecule has 7 nitrogen and oxygen atoms in total. The van der Waals surface area contributed by atoms with E-state index in [1.807, 2.05) is 0 Å². The number of terminal acetylenes is 1. The molecule has 1 heterocycles. The van der Waals surface area contributed by atoms with E-state index in [2.05, 4.69) is 37.1 Å². The molecule has 1 N–H and O–H groups in total. The fourth-order valence-electron chi connectivity index (χ4n) is 1.33. The van der Waals surface area contributed by atoms with Crippen LogP contribution in [0.2, 0.25) is 0 Å². The second-order valence-electron chi connectivity index (χ2n) is 5.18. The first-order valence-electron chi connectivity index (χ1n) is 6.39. The fourth-order valence-corrected chi connectivity index (χ4v) is 1.81. The van der Waals surface area contributed by atoms with Gasteiger partial charge in [0, 0.05) is 0 Å². The minimum atomic E-state index is -0.664. The quantitative estimate of drug-likeness (QED) is 0.798. The molecule has 1 rings (SSSR count). The highest BCUT2D eigenvalue weighted by molar-refractivity contribution is 9.10. The lowest BCUT2D eigenvalue weighted by Crippen LogP contribution is -2.41. The van der Waals surface area contributed by atoms with Crippen molar-refractivity contribution < 1.29 is 19.0 Å². The van der Waals surface area contributed by atoms with Crippen LogP contribution in [0.5, 0.6) is 11.8 Å². The molecule has 1 aromatic heterocycles. The van der Waals surface area contributed by atoms with E-state index in [1.165, 1.54) is 13.4 Å². The number of amides is 1. The normalized spacial score (nSPS) is 12.0. The van der Waals surface area contributed by atoms with Crippen molar-refractivity contribution in [3.05, 3.63) is 10.8 Å². The third-order valence-corrected chi connectivity index (χ3v) is 2.88. The molecule has 0 spiro atoms. The van der Waals surface area contributed by atoms with Crippen LogP contribution in [0.15, 0.2) is 10.8 Å². The number of rotatable bonds is 5. The average Bonchev–Trinajstić information content (AvgIpc) is 2.42. The van der Waals surface area contributed by atoms with Gasteiger partial charge in [0.15, 0.2) is 0 Å². The Labute approximate surface area is 137 Å². The van der Waals surface area contributed by atoms with Crippen LogP contribution in [0.25, 0.3) is 0 Å². The number of halogens is 1. The largest absolute Gasteiger partial charge is 0.480 e. The van der Waals surface area contributed by atoms with Crippen LogP contribution < -0.4 is 14.8 Å². The molecule has 0 radical (unpaired) electrons. The maximum Gasteiger partial charge on any atom is 0.408 e. The van der Waals surface area contributed by atoms with E-state index in [4.69, 9.17) is 20.6 Å². The Hall–Kier alpha value is -2.01. The number of carbonyl (C=O) groups excluding carboxylic acids is 1. The highest BCUT2D eigenvalue weighted by atomic mass is 79.9. The van der Waals surface area contributed by atoms with Crippen molar-refractivity contribution in [2.24, 2.45) is 0 Å². The molecule has 1 amide bonds. The van der Waals surface area contributed by atoms with Gasteiger partial charge in [0.2, 0.25) is 11.8 Å². The summed E-state index contributed by atoms with van der Waals surface area (Å²) in [5, 5.41) is 2.53. The van der Waals surface area contributed by atoms with Crippen LogP contribution in [-0.4, -0.2) is 41.4 Å². The number of hydrogen-bond donors (Lipinski definition) is 1. The van der Waals surface area contributed by atoms with E-state index in [0.29, 0.717) is 10.4 Å². The van der Waals surface area contributed by atoms with Crippen molar-refractivity contribution in [1.82, 2.24) is 15.3 Å². The number of nitrogens with one attached hydrogen (secondary N) is 1. The summed E-state index contributed by atoms with van der Waals surface area (Å²) in [6.07, 6.45) is 6.06. The topological polar surface area (TPSA) is 82.6 Å². The number of alkyl carbamates (subject to hydrolysis) is 1. The summed E-state index contributed by atoms with van der Waals surface area (Å²) < 4.78 is 16.1. The molecule has 0 saturated heterocycles. The molecule has 0 aliphatic rings. The first-order valence-corrected chi connectivity index (χ1v) is 7.19. The summed E-state index contributed by atoms with van der Waals surface area (Å²) in [6, 6.07) is -0.664. The van der Waals surface area contributed by atoms with Crippen LogP contribution in [0.1, 0.15) is 20.8 Å². The SMILES string of the molecule is C#C[C@H](COc1ncnc(OC)c1Br)NC(=O)OC(C)(C)C. The summed E-state index contributed by atoms with van der Waals surface area (Å²) in [4.78, 5) is 19.5. The lowest BCUT2D eigenvalue weighted by atomic mass is 10.2. The van der Waals surface area contributed by atoms with Crippen molar-refractivity contribution >= 4 is 22.0 Å². The molecule has 0 aliphatic carbocycles. The van der Waals surface area contributed by atoms with Crippen LogP contribution in [0.3, 0.4) is 0 Å². The number of aromatic nitrogens is 2. The Morgan fingerprint density at radius 1 is 1.45 bits per heavy atom. The summed E-state index contributed by atoms with van der Waals surface area (Å²) >= 11 is 3.27. The average molecular weight is 372 g/mol. The minimum absolute atomic E-state index is 0.0223. The van der Waals surface area contributed by atoms with Gasteiger partial charge in [0.05, 0.1) is 7.11 Å². The molecule has 1 atom stereocenters. The van der Waals surface area contributed by atoms with Gasteiger partial charge in [0.1, 0.15) is 29.0 Å². The molecular formula is C14H18BrN3O4. The first-order chi connectivity index (χ1) is 10.3. The van der Waals surface area contributed by atoms with Gasteiger partial charge in [0.25, 0.3) is 0 Å². The van der Waals surface area contributed by atoms with Gasteiger partial charge in [-0.25, -0.2) is 14.8 Å². The smallest absolute Gasteiger partial charge is 0.408 e. The molecule has 120 valence electrons. The molecule has 8 heteroatoms. The van der Waals surface area contributed by atoms with E-state index in [9.17, 15) is 4.79 Å². The van der Waals surface area contributed by atoms with Crippen molar-refractivity contribution in [2.45, 2.75) is 32.4 Å². The van der Waals surface area contributed by atoms with E-state index < -0.39 is 17.7 Å². The maximum atomic E-state index is 11.7. The van der Waals surface area contributed by atoms with Crippen LogP contribution in [-0.2, 0) is 4.74 Å². The van der Waals surface area contributed by atoms with Crippen molar-refractivity contribution in [1.29, 1.82) is 0 Å². The highest BCUT2D eigenvalue weighted by Crippen LogP contribution is 2.29. The number of nitrogens with zero attached hydrogens (tertiary/aromatic N) is 2. The third-order valence-electron chi connectivity index (χ3n) is 2.20. The zero-order valence-electron chi connectivity index (χ0n) is 12.8. The second-order valence-corrected chi connectivity index (χ2v) is 5.97. The Morgan fingerprint density at radius 3 is 2.64 bits per heavy atom. The fraction of sp³-hybridized carbons (Fsp3) is 0.500. The molecule has 0 fully saturated rings. The second kappa shape index (κ2) is 7.84. The minimum Gasteiger partial charge on any atom is -0.480 e. The van der Waals surface area contributed by atoms with Gasteiger partial charge < -0.3 is 19.5 Å². The Bertz CT molecular complexity index is 566. The molecule has 22 heavy (non-hydrogen) atoms. The molecule has 0 aliphatic heterocycles. The first kappa shape index (κ1) is 18.0. The third kappa shape index (κ3) is 5.77. The van der Waals surface area contributed by atoms with E-state index in [-0.39, 0.29) is 12.5 Å². The molecule has 1 aromatic rings. The van der Waals surface area contributed by atoms with Crippen LogP contribution in [0, 0.1) is 12.3 Å². The summed E-state index contributed by atoms with van der Waals surface area (Å²) in [5.41, 5.74) is -0.604. The van der Waals surface area contributed by atoms with Gasteiger partial charge >= 0.3 is 6.09 Å². The van der Waals surface area contributed by atoms with Crippen LogP contribution in [0.4, 0.5) is 4.79 Å². The van der Waals surface area contributed by atoms with Crippen molar-refractivity contribution in [3.8, 4) is 24.1 Å².